The summed E-state index contributed by atoms with van der Waals surface area (Å²) in [5.74, 6) is 0.878. The Balaban J connectivity index is 0.00000225. The molecule has 0 amide bonds. The zero-order valence-electron chi connectivity index (χ0n) is 9.93. The average Bonchev–Trinajstić information content (AvgIpc) is 2.15. The van der Waals surface area contributed by atoms with Gasteiger partial charge in [0.15, 0.2) is 0 Å². The second kappa shape index (κ2) is 6.25. The molecular weight excluding hydrogens is 242 g/mol. The molecule has 92 valence electrons. The first kappa shape index (κ1) is 15.4. The highest BCUT2D eigenvalue weighted by Crippen LogP contribution is 2.19. The molecule has 0 radical (unpaired) electrons. The van der Waals surface area contributed by atoms with Gasteiger partial charge in [0.05, 0.1) is 12.6 Å². The molecule has 5 heteroatoms. The lowest BCUT2D eigenvalue weighted by atomic mass is 10.1. The van der Waals surface area contributed by atoms with Gasteiger partial charge in [-0.25, -0.2) is 0 Å². The van der Waals surface area contributed by atoms with Gasteiger partial charge in [0.25, 0.3) is 0 Å². The molecule has 0 spiro atoms. The highest BCUT2D eigenvalue weighted by molar-refractivity contribution is 6.70. The third kappa shape index (κ3) is 4.98. The first-order valence-electron chi connectivity index (χ1n) is 5.08. The standard InChI is InChI=1S/C11H19NO2Si.ClH/c1-15(2,3)14-10-6-4-9(5-7-10)11(12)8-13;/h4-7,11,13H,8,12H2,1-3H3;1H/t11-;/m1./s1. The Morgan fingerprint density at radius 2 is 1.75 bits per heavy atom. The van der Waals surface area contributed by atoms with Crippen LogP contribution < -0.4 is 10.2 Å². The minimum Gasteiger partial charge on any atom is -0.544 e. The van der Waals surface area contributed by atoms with Crippen LogP contribution in [0.15, 0.2) is 24.3 Å². The summed E-state index contributed by atoms with van der Waals surface area (Å²) >= 11 is 0. The smallest absolute Gasteiger partial charge is 0.242 e. The molecule has 1 aromatic rings. The van der Waals surface area contributed by atoms with E-state index in [0.717, 1.165) is 11.3 Å². The van der Waals surface area contributed by atoms with Crippen LogP contribution in [0.4, 0.5) is 0 Å². The van der Waals surface area contributed by atoms with Gasteiger partial charge >= 0.3 is 0 Å². The maximum absolute atomic E-state index is 8.89. The minimum atomic E-state index is -1.53. The molecule has 0 aliphatic heterocycles. The van der Waals surface area contributed by atoms with Crippen molar-refractivity contribution in [1.82, 2.24) is 0 Å². The summed E-state index contributed by atoms with van der Waals surface area (Å²) in [6, 6.07) is 7.31. The van der Waals surface area contributed by atoms with Gasteiger partial charge in [0.1, 0.15) is 5.75 Å². The van der Waals surface area contributed by atoms with Crippen LogP contribution in [0.3, 0.4) is 0 Å². The first-order valence-corrected chi connectivity index (χ1v) is 8.48. The van der Waals surface area contributed by atoms with Gasteiger partial charge in [0.2, 0.25) is 8.32 Å². The van der Waals surface area contributed by atoms with Crippen LogP contribution in [0.25, 0.3) is 0 Å². The third-order valence-electron chi connectivity index (χ3n) is 1.93. The molecule has 0 saturated carbocycles. The van der Waals surface area contributed by atoms with Gasteiger partial charge in [-0.1, -0.05) is 12.1 Å². The van der Waals surface area contributed by atoms with E-state index in [1.165, 1.54) is 0 Å². The van der Waals surface area contributed by atoms with Gasteiger partial charge in [-0.3, -0.25) is 0 Å². The number of hydrogen-bond acceptors (Lipinski definition) is 3. The zero-order valence-corrected chi connectivity index (χ0v) is 11.8. The van der Waals surface area contributed by atoms with Gasteiger partial charge < -0.3 is 15.3 Å². The number of rotatable bonds is 4. The van der Waals surface area contributed by atoms with Crippen LogP contribution in [0.1, 0.15) is 11.6 Å². The third-order valence-corrected chi connectivity index (χ3v) is 2.78. The molecule has 1 aromatic carbocycles. The molecule has 1 rings (SSSR count). The Bertz CT molecular complexity index is 311. The van der Waals surface area contributed by atoms with E-state index in [2.05, 4.69) is 19.6 Å². The number of hydrogen-bond donors (Lipinski definition) is 2. The lowest BCUT2D eigenvalue weighted by Crippen LogP contribution is -2.29. The molecule has 3 N–H and O–H groups in total. The van der Waals surface area contributed by atoms with E-state index in [0.29, 0.717) is 0 Å². The second-order valence-corrected chi connectivity index (χ2v) is 9.00. The van der Waals surface area contributed by atoms with E-state index in [-0.39, 0.29) is 25.1 Å². The number of halogens is 1. The number of nitrogens with two attached hydrogens (primary N) is 1. The van der Waals surface area contributed by atoms with Crippen LogP contribution >= 0.6 is 12.4 Å². The molecule has 0 aliphatic carbocycles. The summed E-state index contributed by atoms with van der Waals surface area (Å²) in [4.78, 5) is 0. The van der Waals surface area contributed by atoms with E-state index < -0.39 is 8.32 Å². The lowest BCUT2D eigenvalue weighted by Gasteiger charge is -2.19. The fourth-order valence-electron chi connectivity index (χ4n) is 1.24. The maximum Gasteiger partial charge on any atom is 0.242 e. The molecule has 1 atom stereocenters. The largest absolute Gasteiger partial charge is 0.544 e. The monoisotopic (exact) mass is 261 g/mol. The normalized spacial score (nSPS) is 12.8. The zero-order chi connectivity index (χ0) is 11.5. The van der Waals surface area contributed by atoms with Crippen molar-refractivity contribution < 1.29 is 9.53 Å². The lowest BCUT2D eigenvalue weighted by molar-refractivity contribution is 0.268. The van der Waals surface area contributed by atoms with Crippen LogP contribution in [0.5, 0.6) is 5.75 Å². The molecule has 0 bridgehead atoms. The van der Waals surface area contributed by atoms with Crippen LogP contribution in [-0.4, -0.2) is 20.0 Å². The van der Waals surface area contributed by atoms with Crippen molar-refractivity contribution in [3.05, 3.63) is 29.8 Å². The molecule has 0 aromatic heterocycles. The van der Waals surface area contributed by atoms with Crippen molar-refractivity contribution >= 4 is 20.7 Å². The molecule has 16 heavy (non-hydrogen) atoms. The second-order valence-electron chi connectivity index (χ2n) is 4.57. The summed E-state index contributed by atoms with van der Waals surface area (Å²) in [5.41, 5.74) is 6.62. The van der Waals surface area contributed by atoms with Crippen molar-refractivity contribution in [2.24, 2.45) is 5.73 Å². The van der Waals surface area contributed by atoms with E-state index in [1.807, 2.05) is 24.3 Å². The van der Waals surface area contributed by atoms with Crippen molar-refractivity contribution in [2.45, 2.75) is 25.7 Å². The molecule has 0 unspecified atom stereocenters. The van der Waals surface area contributed by atoms with Crippen molar-refractivity contribution in [3.8, 4) is 5.75 Å². The van der Waals surface area contributed by atoms with Crippen molar-refractivity contribution in [3.63, 3.8) is 0 Å². The van der Waals surface area contributed by atoms with Crippen LogP contribution in [0.2, 0.25) is 19.6 Å². The first-order chi connectivity index (χ1) is 6.92. The Morgan fingerprint density at radius 1 is 1.25 bits per heavy atom. The predicted octanol–water partition coefficient (Wildman–Crippen LogP) is 2.31. The molecule has 0 aliphatic rings. The maximum atomic E-state index is 8.89. The van der Waals surface area contributed by atoms with Crippen LogP contribution in [0, 0.1) is 0 Å². The highest BCUT2D eigenvalue weighted by Gasteiger charge is 2.16. The summed E-state index contributed by atoms with van der Waals surface area (Å²) < 4.78 is 5.81. The number of aliphatic hydroxyl groups is 1. The summed E-state index contributed by atoms with van der Waals surface area (Å²) in [6.07, 6.45) is 0. The van der Waals surface area contributed by atoms with Crippen molar-refractivity contribution in [1.29, 1.82) is 0 Å². The molecule has 0 saturated heterocycles. The van der Waals surface area contributed by atoms with Crippen molar-refractivity contribution in [2.75, 3.05) is 6.61 Å². The predicted molar refractivity (Wildman–Crippen MR) is 71.7 cm³/mol. The summed E-state index contributed by atoms with van der Waals surface area (Å²) in [5, 5.41) is 8.89. The fourth-order valence-corrected chi connectivity index (χ4v) is 2.09. The van der Waals surface area contributed by atoms with E-state index >= 15 is 0 Å². The van der Waals surface area contributed by atoms with E-state index in [4.69, 9.17) is 15.3 Å². The van der Waals surface area contributed by atoms with Gasteiger partial charge in [-0.05, 0) is 37.3 Å². The Hall–Kier alpha value is -0.553. The Morgan fingerprint density at radius 3 is 2.12 bits per heavy atom. The highest BCUT2D eigenvalue weighted by atomic mass is 35.5. The Kier molecular flexibility index (Phi) is 6.03. The summed E-state index contributed by atoms with van der Waals surface area (Å²) in [7, 11) is -1.53. The molecule has 0 heterocycles. The quantitative estimate of drug-likeness (QED) is 0.818. The molecular formula is C11H20ClNO2Si. The number of benzene rings is 1. The van der Waals surface area contributed by atoms with E-state index in [1.54, 1.807) is 0 Å². The van der Waals surface area contributed by atoms with Gasteiger partial charge in [-0.15, -0.1) is 12.4 Å². The van der Waals surface area contributed by atoms with E-state index in [9.17, 15) is 0 Å². The minimum absolute atomic E-state index is 0. The Labute approximate surface area is 104 Å². The molecule has 0 fully saturated rings. The van der Waals surface area contributed by atoms with Gasteiger partial charge in [0, 0.05) is 0 Å². The topological polar surface area (TPSA) is 55.5 Å². The SMILES string of the molecule is C[Si](C)(C)Oc1ccc([C@H](N)CO)cc1.Cl. The molecule has 3 nitrogen and oxygen atoms in total. The van der Waals surface area contributed by atoms with Crippen LogP contribution in [-0.2, 0) is 0 Å². The number of aliphatic hydroxyl groups excluding tert-OH is 1. The average molecular weight is 262 g/mol. The van der Waals surface area contributed by atoms with Gasteiger partial charge in [-0.2, -0.15) is 0 Å². The summed E-state index contributed by atoms with van der Waals surface area (Å²) in [6.45, 7) is 6.38. The fraction of sp³-hybridized carbons (Fsp3) is 0.455.